The monoisotopic (exact) mass is 319 g/mol. The van der Waals surface area contributed by atoms with E-state index in [0.29, 0.717) is 24.8 Å². The van der Waals surface area contributed by atoms with Crippen LogP contribution in [-0.2, 0) is 6.42 Å². The third-order valence-electron chi connectivity index (χ3n) is 4.85. The molecule has 0 aliphatic heterocycles. The predicted molar refractivity (Wildman–Crippen MR) is 91.0 cm³/mol. The molecule has 3 unspecified atom stereocenters. The molecule has 1 aromatic heterocycles. The van der Waals surface area contributed by atoms with E-state index < -0.39 is 0 Å². The van der Waals surface area contributed by atoms with Gasteiger partial charge in [-0.15, -0.1) is 0 Å². The summed E-state index contributed by atoms with van der Waals surface area (Å²) >= 11 is 0. The van der Waals surface area contributed by atoms with Gasteiger partial charge in [0.15, 0.2) is 0 Å². The number of amides is 2. The summed E-state index contributed by atoms with van der Waals surface area (Å²) in [6.07, 6.45) is 7.47. The Morgan fingerprint density at radius 3 is 2.87 bits per heavy atom. The molecule has 23 heavy (non-hydrogen) atoms. The van der Waals surface area contributed by atoms with Gasteiger partial charge in [-0.05, 0) is 36.8 Å². The standard InChI is InChI=1S/C18H29N3O2/c1-14-6-2-3-7-16(14)12-21-18(23)20-11-15(13-22)10-17-8-4-5-9-19-17/h4-5,8-9,14-16,22H,2-3,6-7,10-13H2,1H3,(H2,20,21,23). The molecule has 0 bridgehead atoms. The summed E-state index contributed by atoms with van der Waals surface area (Å²) in [7, 11) is 0. The number of urea groups is 1. The number of carbonyl (C=O) groups excluding carboxylic acids is 1. The number of hydrogen-bond acceptors (Lipinski definition) is 3. The summed E-state index contributed by atoms with van der Waals surface area (Å²) in [5.74, 6) is 1.28. The smallest absolute Gasteiger partial charge is 0.314 e. The van der Waals surface area contributed by atoms with Crippen molar-refractivity contribution in [2.45, 2.75) is 39.0 Å². The van der Waals surface area contributed by atoms with E-state index in [4.69, 9.17) is 0 Å². The third-order valence-corrected chi connectivity index (χ3v) is 4.85. The van der Waals surface area contributed by atoms with Crippen LogP contribution in [0.4, 0.5) is 4.79 Å². The van der Waals surface area contributed by atoms with Crippen LogP contribution < -0.4 is 10.6 Å². The molecule has 128 valence electrons. The normalized spacial score (nSPS) is 22.3. The Balaban J connectivity index is 1.68. The average molecular weight is 319 g/mol. The van der Waals surface area contributed by atoms with E-state index in [1.54, 1.807) is 6.20 Å². The van der Waals surface area contributed by atoms with Gasteiger partial charge in [0, 0.05) is 37.5 Å². The maximum Gasteiger partial charge on any atom is 0.314 e. The second kappa shape index (κ2) is 9.50. The maximum absolute atomic E-state index is 11.9. The Hall–Kier alpha value is -1.62. The lowest BCUT2D eigenvalue weighted by molar-refractivity contribution is 0.208. The topological polar surface area (TPSA) is 74.2 Å². The molecule has 5 nitrogen and oxygen atoms in total. The van der Waals surface area contributed by atoms with E-state index in [-0.39, 0.29) is 18.6 Å². The summed E-state index contributed by atoms with van der Waals surface area (Å²) in [6, 6.07) is 5.60. The Morgan fingerprint density at radius 1 is 1.35 bits per heavy atom. The first-order valence-corrected chi connectivity index (χ1v) is 8.71. The van der Waals surface area contributed by atoms with E-state index in [1.165, 1.54) is 25.7 Å². The second-order valence-electron chi connectivity index (χ2n) is 6.69. The van der Waals surface area contributed by atoms with Gasteiger partial charge in [-0.1, -0.05) is 32.3 Å². The van der Waals surface area contributed by atoms with Crippen LogP contribution in [0, 0.1) is 17.8 Å². The Morgan fingerprint density at radius 2 is 2.17 bits per heavy atom. The highest BCUT2D eigenvalue weighted by molar-refractivity contribution is 5.73. The molecule has 0 aromatic carbocycles. The number of aromatic nitrogens is 1. The Labute approximate surface area is 138 Å². The number of pyridine rings is 1. The van der Waals surface area contributed by atoms with Gasteiger partial charge in [0.05, 0.1) is 0 Å². The van der Waals surface area contributed by atoms with Crippen molar-refractivity contribution in [1.82, 2.24) is 15.6 Å². The lowest BCUT2D eigenvalue weighted by atomic mass is 9.80. The zero-order chi connectivity index (χ0) is 16.5. The van der Waals surface area contributed by atoms with Crippen molar-refractivity contribution in [3.05, 3.63) is 30.1 Å². The van der Waals surface area contributed by atoms with Gasteiger partial charge in [0.1, 0.15) is 0 Å². The van der Waals surface area contributed by atoms with Gasteiger partial charge in [-0.2, -0.15) is 0 Å². The lowest BCUT2D eigenvalue weighted by Gasteiger charge is -2.28. The van der Waals surface area contributed by atoms with Crippen LogP contribution in [0.5, 0.6) is 0 Å². The number of nitrogens with zero attached hydrogens (tertiary/aromatic N) is 1. The van der Waals surface area contributed by atoms with Crippen molar-refractivity contribution in [3.8, 4) is 0 Å². The summed E-state index contributed by atoms with van der Waals surface area (Å²) in [6.45, 7) is 3.52. The first-order chi connectivity index (χ1) is 11.2. The van der Waals surface area contributed by atoms with Gasteiger partial charge < -0.3 is 15.7 Å². The lowest BCUT2D eigenvalue weighted by Crippen LogP contribution is -2.42. The molecular formula is C18H29N3O2. The zero-order valence-corrected chi connectivity index (χ0v) is 14.0. The van der Waals surface area contributed by atoms with Gasteiger partial charge in [0.2, 0.25) is 0 Å². The van der Waals surface area contributed by atoms with E-state index in [0.717, 1.165) is 12.2 Å². The fourth-order valence-corrected chi connectivity index (χ4v) is 3.24. The van der Waals surface area contributed by atoms with E-state index in [9.17, 15) is 9.90 Å². The van der Waals surface area contributed by atoms with E-state index >= 15 is 0 Å². The van der Waals surface area contributed by atoms with Crippen LogP contribution in [0.3, 0.4) is 0 Å². The maximum atomic E-state index is 11.9. The Bertz CT molecular complexity index is 467. The van der Waals surface area contributed by atoms with Crippen molar-refractivity contribution in [1.29, 1.82) is 0 Å². The fraction of sp³-hybridized carbons (Fsp3) is 0.667. The third kappa shape index (κ3) is 6.18. The molecule has 0 spiro atoms. The number of nitrogens with one attached hydrogen (secondary N) is 2. The molecule has 1 heterocycles. The molecule has 1 aromatic rings. The molecule has 2 amide bonds. The summed E-state index contributed by atoms with van der Waals surface area (Å²) < 4.78 is 0. The van der Waals surface area contributed by atoms with Crippen LogP contribution in [-0.4, -0.2) is 35.8 Å². The number of aliphatic hydroxyl groups is 1. The molecule has 1 aliphatic carbocycles. The highest BCUT2D eigenvalue weighted by Gasteiger charge is 2.21. The number of aliphatic hydroxyl groups excluding tert-OH is 1. The quantitative estimate of drug-likeness (QED) is 0.722. The molecule has 1 aliphatic rings. The van der Waals surface area contributed by atoms with E-state index in [2.05, 4.69) is 22.5 Å². The van der Waals surface area contributed by atoms with Crippen LogP contribution in [0.2, 0.25) is 0 Å². The largest absolute Gasteiger partial charge is 0.396 e. The zero-order valence-electron chi connectivity index (χ0n) is 14.0. The number of carbonyl (C=O) groups is 1. The van der Waals surface area contributed by atoms with Crippen LogP contribution in [0.1, 0.15) is 38.3 Å². The summed E-state index contributed by atoms with van der Waals surface area (Å²) in [4.78, 5) is 16.2. The van der Waals surface area contributed by atoms with Gasteiger partial charge in [0.25, 0.3) is 0 Å². The first-order valence-electron chi connectivity index (χ1n) is 8.71. The summed E-state index contributed by atoms with van der Waals surface area (Å²) in [5, 5.41) is 15.3. The minimum atomic E-state index is -0.137. The second-order valence-corrected chi connectivity index (χ2v) is 6.69. The minimum Gasteiger partial charge on any atom is -0.396 e. The van der Waals surface area contributed by atoms with Crippen molar-refractivity contribution >= 4 is 6.03 Å². The average Bonchev–Trinajstić information content (AvgIpc) is 2.58. The molecule has 0 saturated heterocycles. The highest BCUT2D eigenvalue weighted by Crippen LogP contribution is 2.28. The summed E-state index contributed by atoms with van der Waals surface area (Å²) in [5.41, 5.74) is 0.935. The van der Waals surface area contributed by atoms with Crippen molar-refractivity contribution < 1.29 is 9.90 Å². The molecule has 2 rings (SSSR count). The van der Waals surface area contributed by atoms with Crippen LogP contribution in [0.15, 0.2) is 24.4 Å². The first kappa shape index (κ1) is 17.7. The molecule has 1 saturated carbocycles. The molecular weight excluding hydrogens is 290 g/mol. The number of hydrogen-bond donors (Lipinski definition) is 3. The van der Waals surface area contributed by atoms with Crippen LogP contribution >= 0.6 is 0 Å². The van der Waals surface area contributed by atoms with Gasteiger partial charge in [-0.25, -0.2) is 4.79 Å². The molecule has 3 N–H and O–H groups in total. The van der Waals surface area contributed by atoms with Gasteiger partial charge >= 0.3 is 6.03 Å². The molecule has 1 fully saturated rings. The fourth-order valence-electron chi connectivity index (χ4n) is 3.24. The van der Waals surface area contributed by atoms with Gasteiger partial charge in [-0.3, -0.25) is 4.98 Å². The van der Waals surface area contributed by atoms with Crippen molar-refractivity contribution in [2.75, 3.05) is 19.7 Å². The Kier molecular flexibility index (Phi) is 7.33. The van der Waals surface area contributed by atoms with Crippen LogP contribution in [0.25, 0.3) is 0 Å². The minimum absolute atomic E-state index is 0.00995. The van der Waals surface area contributed by atoms with E-state index in [1.807, 2.05) is 18.2 Å². The predicted octanol–water partition coefficient (Wildman–Crippen LogP) is 2.36. The molecule has 5 heteroatoms. The highest BCUT2D eigenvalue weighted by atomic mass is 16.3. The number of rotatable bonds is 7. The molecule has 0 radical (unpaired) electrons. The van der Waals surface area contributed by atoms with Crippen molar-refractivity contribution in [2.24, 2.45) is 17.8 Å². The SMILES string of the molecule is CC1CCCCC1CNC(=O)NCC(CO)Cc1ccccn1. The molecule has 3 atom stereocenters. The van der Waals surface area contributed by atoms with Crippen molar-refractivity contribution in [3.63, 3.8) is 0 Å².